The van der Waals surface area contributed by atoms with Gasteiger partial charge in [0.05, 0.1) is 11.2 Å². The van der Waals surface area contributed by atoms with Gasteiger partial charge in [-0.15, -0.1) is 0 Å². The Morgan fingerprint density at radius 1 is 1.03 bits per heavy atom. The van der Waals surface area contributed by atoms with Gasteiger partial charge in [-0.3, -0.25) is 9.69 Å². The topological polar surface area (TPSA) is 80.3 Å². The van der Waals surface area contributed by atoms with Crippen LogP contribution in [0.15, 0.2) is 41.2 Å². The van der Waals surface area contributed by atoms with Crippen LogP contribution in [0.2, 0.25) is 0 Å². The van der Waals surface area contributed by atoms with Gasteiger partial charge in [-0.05, 0) is 56.3 Å². The minimum Gasteiger partial charge on any atom is -0.354 e. The second-order valence-electron chi connectivity index (χ2n) is 9.15. The zero-order valence-corrected chi connectivity index (χ0v) is 18.8. The first kappa shape index (κ1) is 20.9. The lowest BCUT2D eigenvalue weighted by Crippen LogP contribution is -2.46. The summed E-state index contributed by atoms with van der Waals surface area (Å²) in [6.45, 7) is 7.24. The van der Waals surface area contributed by atoms with Crippen molar-refractivity contribution in [2.45, 2.75) is 44.9 Å². The number of aromatic nitrogens is 3. The number of aryl methyl sites for hydroxylation is 2. The number of hydrogen-bond acceptors (Lipinski definition) is 6. The number of unbranched alkanes of at least 4 members (excludes halogenated alkanes) is 1. The molecule has 1 saturated heterocycles. The number of fused-ring (bicyclic) bond motifs is 2. The molecule has 1 aliphatic heterocycles. The molecule has 168 valence electrons. The zero-order valence-electron chi connectivity index (χ0n) is 18.8. The number of hydrogen-bond donors (Lipinski definition) is 1. The molecule has 5 rings (SSSR count). The maximum absolute atomic E-state index is 12.6. The van der Waals surface area contributed by atoms with Gasteiger partial charge in [-0.25, -0.2) is 14.6 Å². The van der Waals surface area contributed by atoms with Gasteiger partial charge >= 0.3 is 0 Å². The lowest BCUT2D eigenvalue weighted by Gasteiger charge is -2.35. The van der Waals surface area contributed by atoms with Gasteiger partial charge in [0, 0.05) is 43.5 Å². The fourth-order valence-corrected chi connectivity index (χ4v) is 5.05. The van der Waals surface area contributed by atoms with E-state index in [1.165, 1.54) is 10.1 Å². The summed E-state index contributed by atoms with van der Waals surface area (Å²) in [7, 11) is 0. The van der Waals surface area contributed by atoms with E-state index in [1.54, 1.807) is 0 Å². The van der Waals surface area contributed by atoms with E-state index < -0.39 is 0 Å². The van der Waals surface area contributed by atoms with Gasteiger partial charge in [0.15, 0.2) is 0 Å². The average molecular weight is 433 g/mol. The number of rotatable bonds is 6. The molecule has 1 fully saturated rings. The molecule has 1 atom stereocenters. The molecule has 2 N–H and O–H groups in total. The van der Waals surface area contributed by atoms with Crippen molar-refractivity contribution >= 4 is 16.7 Å². The average Bonchev–Trinajstić information content (AvgIpc) is 3.20. The minimum atomic E-state index is -0.0478. The Morgan fingerprint density at radius 2 is 1.84 bits per heavy atom. The fraction of sp³-hybridized carbons (Fsp3) is 0.480. The van der Waals surface area contributed by atoms with Crippen LogP contribution in [0.5, 0.6) is 0 Å². The van der Waals surface area contributed by atoms with Crippen LogP contribution in [-0.2, 0) is 12.8 Å². The largest absolute Gasteiger partial charge is 0.354 e. The summed E-state index contributed by atoms with van der Waals surface area (Å²) in [6, 6.07) is 12.6. The molecule has 1 aliphatic carbocycles. The predicted octanol–water partition coefficient (Wildman–Crippen LogP) is 2.70. The molecule has 0 radical (unpaired) electrons. The first-order valence-corrected chi connectivity index (χ1v) is 11.8. The molecule has 2 aliphatic rings. The number of nitrogens with zero attached hydrogens (tertiary/aromatic N) is 5. The molecule has 1 aromatic carbocycles. The third-order valence-corrected chi connectivity index (χ3v) is 7.01. The minimum absolute atomic E-state index is 0.0478. The van der Waals surface area contributed by atoms with Gasteiger partial charge in [0.2, 0.25) is 0 Å². The number of pyridine rings is 1. The molecule has 0 saturated carbocycles. The zero-order chi connectivity index (χ0) is 22.1. The fourth-order valence-electron chi connectivity index (χ4n) is 5.05. The van der Waals surface area contributed by atoms with Crippen LogP contribution in [0, 0.1) is 0 Å². The highest BCUT2D eigenvalue weighted by Gasteiger charge is 2.25. The van der Waals surface area contributed by atoms with Crippen LogP contribution < -0.4 is 16.3 Å². The second-order valence-corrected chi connectivity index (χ2v) is 9.15. The van der Waals surface area contributed by atoms with E-state index in [1.807, 2.05) is 6.07 Å². The number of piperazine rings is 1. The molecular weight excluding hydrogens is 400 g/mol. The summed E-state index contributed by atoms with van der Waals surface area (Å²) in [4.78, 5) is 27.0. The second kappa shape index (κ2) is 8.90. The van der Waals surface area contributed by atoms with Gasteiger partial charge < -0.3 is 10.7 Å². The molecule has 1 unspecified atom stereocenters. The van der Waals surface area contributed by atoms with Crippen LogP contribution in [0.25, 0.3) is 10.9 Å². The smallest absolute Gasteiger partial charge is 0.275 e. The summed E-state index contributed by atoms with van der Waals surface area (Å²) >= 11 is 0. The summed E-state index contributed by atoms with van der Waals surface area (Å²) < 4.78 is 1.29. The van der Waals surface area contributed by atoms with Crippen molar-refractivity contribution in [3.05, 3.63) is 63.8 Å². The SMILES string of the molecule is CC1CCc2nc(CCCCN3CCN(c4ccc5ccccc5n4)CC3)n(N)c(=O)c21. The van der Waals surface area contributed by atoms with Crippen molar-refractivity contribution in [3.8, 4) is 0 Å². The number of nitrogen functional groups attached to an aromatic ring is 1. The Morgan fingerprint density at radius 3 is 2.69 bits per heavy atom. The van der Waals surface area contributed by atoms with Crippen molar-refractivity contribution in [1.82, 2.24) is 19.5 Å². The Kier molecular flexibility index (Phi) is 5.83. The maximum Gasteiger partial charge on any atom is 0.275 e. The molecule has 0 spiro atoms. The van der Waals surface area contributed by atoms with Gasteiger partial charge in [0.1, 0.15) is 11.6 Å². The Hall–Kier alpha value is -2.93. The standard InChI is InChI=1S/C25H32N6O/c1-18-9-11-21-24(18)25(32)31(26)23(28-21)8-4-5-13-29-14-16-30(17-15-29)22-12-10-19-6-2-3-7-20(19)27-22/h2-3,6-7,10,12,18H,4-5,8-9,11,13-17,26H2,1H3. The van der Waals surface area contributed by atoms with Crippen LogP contribution in [0.3, 0.4) is 0 Å². The molecule has 0 bridgehead atoms. The van der Waals surface area contributed by atoms with Crippen molar-refractivity contribution in [2.75, 3.05) is 43.5 Å². The molecule has 0 amide bonds. The van der Waals surface area contributed by atoms with Crippen molar-refractivity contribution in [2.24, 2.45) is 0 Å². The molecule has 2 aromatic heterocycles. The monoisotopic (exact) mass is 432 g/mol. The highest BCUT2D eigenvalue weighted by Crippen LogP contribution is 2.28. The quantitative estimate of drug-likeness (QED) is 0.477. The summed E-state index contributed by atoms with van der Waals surface area (Å²) in [5, 5.41) is 1.19. The van der Waals surface area contributed by atoms with E-state index in [2.05, 4.69) is 47.1 Å². The van der Waals surface area contributed by atoms with Gasteiger partial charge in [-0.1, -0.05) is 25.1 Å². The van der Waals surface area contributed by atoms with E-state index in [0.717, 1.165) is 93.2 Å². The van der Waals surface area contributed by atoms with Crippen molar-refractivity contribution < 1.29 is 0 Å². The summed E-state index contributed by atoms with van der Waals surface area (Å²) in [5.74, 6) is 8.15. The highest BCUT2D eigenvalue weighted by atomic mass is 16.1. The molecule has 7 heteroatoms. The number of anilines is 1. The highest BCUT2D eigenvalue weighted by molar-refractivity contribution is 5.80. The third kappa shape index (κ3) is 4.09. The summed E-state index contributed by atoms with van der Waals surface area (Å²) in [5.41, 5.74) is 2.81. The maximum atomic E-state index is 12.6. The molecule has 7 nitrogen and oxygen atoms in total. The lowest BCUT2D eigenvalue weighted by atomic mass is 10.1. The van der Waals surface area contributed by atoms with Crippen LogP contribution >= 0.6 is 0 Å². The number of benzene rings is 1. The van der Waals surface area contributed by atoms with Gasteiger partial charge in [-0.2, -0.15) is 0 Å². The van der Waals surface area contributed by atoms with E-state index in [4.69, 9.17) is 15.8 Å². The number of para-hydroxylation sites is 1. The number of nitrogens with two attached hydrogens (primary N) is 1. The molecule has 3 heterocycles. The van der Waals surface area contributed by atoms with E-state index in [-0.39, 0.29) is 11.5 Å². The van der Waals surface area contributed by atoms with Crippen LogP contribution in [-0.4, -0.2) is 52.3 Å². The normalized spacial score (nSPS) is 18.9. The van der Waals surface area contributed by atoms with Crippen molar-refractivity contribution in [3.63, 3.8) is 0 Å². The Balaban J connectivity index is 1.10. The third-order valence-electron chi connectivity index (χ3n) is 7.01. The van der Waals surface area contributed by atoms with Crippen LogP contribution in [0.1, 0.15) is 49.2 Å². The first-order valence-electron chi connectivity index (χ1n) is 11.8. The van der Waals surface area contributed by atoms with E-state index >= 15 is 0 Å². The first-order chi connectivity index (χ1) is 15.6. The Labute approximate surface area is 188 Å². The molecular formula is C25H32N6O. The molecule has 3 aromatic rings. The Bertz CT molecular complexity index is 1160. The summed E-state index contributed by atoms with van der Waals surface area (Å²) in [6.07, 6.45) is 4.73. The van der Waals surface area contributed by atoms with E-state index in [0.29, 0.717) is 0 Å². The predicted molar refractivity (Wildman–Crippen MR) is 129 cm³/mol. The van der Waals surface area contributed by atoms with Crippen LogP contribution in [0.4, 0.5) is 5.82 Å². The molecule has 32 heavy (non-hydrogen) atoms. The lowest BCUT2D eigenvalue weighted by molar-refractivity contribution is 0.252. The van der Waals surface area contributed by atoms with Crippen molar-refractivity contribution in [1.29, 1.82) is 0 Å². The van der Waals surface area contributed by atoms with E-state index in [9.17, 15) is 4.79 Å². The van der Waals surface area contributed by atoms with Gasteiger partial charge in [0.25, 0.3) is 5.56 Å².